The predicted molar refractivity (Wildman–Crippen MR) is 87.1 cm³/mol. The molecule has 0 radical (unpaired) electrons. The van der Waals surface area contributed by atoms with Crippen LogP contribution in [0.3, 0.4) is 0 Å². The lowest BCUT2D eigenvalue weighted by Gasteiger charge is -2.13. The normalized spacial score (nSPS) is 11.0. The van der Waals surface area contributed by atoms with Crippen LogP contribution in [0.25, 0.3) is 0 Å². The molecule has 2 rings (SSSR count). The Morgan fingerprint density at radius 1 is 1.40 bits per heavy atom. The first-order valence-corrected chi connectivity index (χ1v) is 8.31. The van der Waals surface area contributed by atoms with E-state index in [9.17, 15) is 0 Å². The van der Waals surface area contributed by atoms with E-state index in [2.05, 4.69) is 46.1 Å². The van der Waals surface area contributed by atoms with Gasteiger partial charge in [-0.3, -0.25) is 4.98 Å². The van der Waals surface area contributed by atoms with E-state index in [1.54, 1.807) is 11.3 Å². The summed E-state index contributed by atoms with van der Waals surface area (Å²) in [6.07, 6.45) is 1.85. The molecule has 1 N–H and O–H groups in total. The average molecular weight is 355 g/mol. The standard InChI is InChI=1S/C15H19BrN2OS/c1-11(2)6-17-7-12-5-13(16)3-4-15(12)19-9-14-8-18-10-20-14/h3-5,8,10-11,17H,6-7,9H2,1-2H3. The number of nitrogens with zero attached hydrogens (tertiary/aromatic N) is 1. The second kappa shape index (κ2) is 7.76. The van der Waals surface area contributed by atoms with Crippen molar-refractivity contribution in [2.75, 3.05) is 6.54 Å². The Bertz CT molecular complexity index is 529. The quantitative estimate of drug-likeness (QED) is 0.807. The lowest BCUT2D eigenvalue weighted by Crippen LogP contribution is -2.19. The van der Waals surface area contributed by atoms with E-state index < -0.39 is 0 Å². The number of thiazole rings is 1. The van der Waals surface area contributed by atoms with Crippen LogP contribution in [0.2, 0.25) is 0 Å². The Balaban J connectivity index is 1.99. The highest BCUT2D eigenvalue weighted by Crippen LogP contribution is 2.24. The van der Waals surface area contributed by atoms with Crippen molar-refractivity contribution in [2.24, 2.45) is 5.92 Å². The number of hydrogen-bond donors (Lipinski definition) is 1. The number of aromatic nitrogens is 1. The van der Waals surface area contributed by atoms with Crippen molar-refractivity contribution in [1.29, 1.82) is 0 Å². The number of ether oxygens (including phenoxy) is 1. The van der Waals surface area contributed by atoms with Crippen LogP contribution in [-0.2, 0) is 13.2 Å². The van der Waals surface area contributed by atoms with Crippen molar-refractivity contribution in [2.45, 2.75) is 27.0 Å². The van der Waals surface area contributed by atoms with E-state index >= 15 is 0 Å². The minimum absolute atomic E-state index is 0.573. The third kappa shape index (κ3) is 4.89. The zero-order valence-corrected chi connectivity index (χ0v) is 14.1. The third-order valence-electron chi connectivity index (χ3n) is 2.74. The second-order valence-electron chi connectivity index (χ2n) is 5.03. The van der Waals surface area contributed by atoms with Crippen LogP contribution in [0.1, 0.15) is 24.3 Å². The van der Waals surface area contributed by atoms with Crippen LogP contribution >= 0.6 is 27.3 Å². The fourth-order valence-corrected chi connectivity index (χ4v) is 2.70. The topological polar surface area (TPSA) is 34.1 Å². The van der Waals surface area contributed by atoms with Gasteiger partial charge in [-0.25, -0.2) is 0 Å². The molecule has 1 heterocycles. The highest BCUT2D eigenvalue weighted by atomic mass is 79.9. The second-order valence-corrected chi connectivity index (χ2v) is 6.92. The molecule has 0 fully saturated rings. The molecule has 0 aliphatic rings. The summed E-state index contributed by atoms with van der Waals surface area (Å²) in [5.41, 5.74) is 3.00. The summed E-state index contributed by atoms with van der Waals surface area (Å²) in [6.45, 7) is 6.80. The molecule has 0 amide bonds. The number of benzene rings is 1. The molecule has 0 bridgehead atoms. The van der Waals surface area contributed by atoms with Crippen LogP contribution in [0.4, 0.5) is 0 Å². The highest BCUT2D eigenvalue weighted by molar-refractivity contribution is 9.10. The summed E-state index contributed by atoms with van der Waals surface area (Å²) in [4.78, 5) is 5.19. The van der Waals surface area contributed by atoms with Crippen LogP contribution in [0, 0.1) is 5.92 Å². The third-order valence-corrected chi connectivity index (χ3v) is 3.99. The summed E-state index contributed by atoms with van der Waals surface area (Å²) in [5.74, 6) is 1.57. The molecule has 1 aromatic heterocycles. The van der Waals surface area contributed by atoms with Crippen molar-refractivity contribution in [3.8, 4) is 5.75 Å². The largest absolute Gasteiger partial charge is 0.488 e. The number of rotatable bonds is 7. The van der Waals surface area contributed by atoms with Crippen molar-refractivity contribution >= 4 is 27.3 Å². The minimum atomic E-state index is 0.573. The Kier molecular flexibility index (Phi) is 6.01. The SMILES string of the molecule is CC(C)CNCc1cc(Br)ccc1OCc1cncs1. The molecular weight excluding hydrogens is 336 g/mol. The highest BCUT2D eigenvalue weighted by Gasteiger charge is 2.06. The van der Waals surface area contributed by atoms with E-state index in [0.29, 0.717) is 12.5 Å². The Hall–Kier alpha value is -0.910. The first-order valence-electron chi connectivity index (χ1n) is 6.64. The molecule has 1 aromatic carbocycles. The molecule has 0 saturated carbocycles. The van der Waals surface area contributed by atoms with Crippen molar-refractivity contribution in [3.63, 3.8) is 0 Å². The summed E-state index contributed by atoms with van der Waals surface area (Å²) >= 11 is 5.13. The van der Waals surface area contributed by atoms with E-state index in [0.717, 1.165) is 28.2 Å². The van der Waals surface area contributed by atoms with Crippen LogP contribution in [-0.4, -0.2) is 11.5 Å². The molecule has 2 aromatic rings. The summed E-state index contributed by atoms with van der Waals surface area (Å²) in [6, 6.07) is 6.13. The van der Waals surface area contributed by atoms with Crippen LogP contribution in [0.15, 0.2) is 34.4 Å². The Labute approximate surface area is 132 Å². The number of hydrogen-bond acceptors (Lipinski definition) is 4. The maximum atomic E-state index is 5.90. The molecule has 0 spiro atoms. The van der Waals surface area contributed by atoms with Gasteiger partial charge in [0.25, 0.3) is 0 Å². The van der Waals surface area contributed by atoms with Crippen molar-refractivity contribution in [3.05, 3.63) is 44.8 Å². The summed E-state index contributed by atoms with van der Waals surface area (Å²) < 4.78 is 6.98. The Morgan fingerprint density at radius 3 is 2.95 bits per heavy atom. The fraction of sp³-hybridized carbons (Fsp3) is 0.400. The Morgan fingerprint density at radius 2 is 2.25 bits per heavy atom. The minimum Gasteiger partial charge on any atom is -0.488 e. The van der Waals surface area contributed by atoms with E-state index in [4.69, 9.17) is 4.74 Å². The predicted octanol–water partition coefficient (Wildman–Crippen LogP) is 4.23. The van der Waals surface area contributed by atoms with Gasteiger partial charge in [0.15, 0.2) is 0 Å². The first kappa shape index (κ1) is 15.5. The maximum Gasteiger partial charge on any atom is 0.124 e. The summed E-state index contributed by atoms with van der Waals surface area (Å²) in [5, 5.41) is 3.45. The lowest BCUT2D eigenvalue weighted by molar-refractivity contribution is 0.305. The fourth-order valence-electron chi connectivity index (χ4n) is 1.78. The average Bonchev–Trinajstić information content (AvgIpc) is 2.90. The molecule has 5 heteroatoms. The first-order chi connectivity index (χ1) is 9.65. The van der Waals surface area contributed by atoms with Gasteiger partial charge < -0.3 is 10.1 Å². The van der Waals surface area contributed by atoms with Gasteiger partial charge in [0, 0.05) is 22.8 Å². The van der Waals surface area contributed by atoms with Crippen molar-refractivity contribution < 1.29 is 4.74 Å². The molecule has 3 nitrogen and oxygen atoms in total. The lowest BCUT2D eigenvalue weighted by atomic mass is 10.2. The summed E-state index contributed by atoms with van der Waals surface area (Å²) in [7, 11) is 0. The van der Waals surface area contributed by atoms with Gasteiger partial charge in [0.1, 0.15) is 12.4 Å². The van der Waals surface area contributed by atoms with Gasteiger partial charge >= 0.3 is 0 Å². The van der Waals surface area contributed by atoms with E-state index in [1.165, 1.54) is 5.56 Å². The van der Waals surface area contributed by atoms with Gasteiger partial charge in [-0.2, -0.15) is 0 Å². The van der Waals surface area contributed by atoms with Gasteiger partial charge in [0.05, 0.1) is 10.4 Å². The van der Waals surface area contributed by atoms with Gasteiger partial charge in [-0.05, 0) is 30.7 Å². The van der Waals surface area contributed by atoms with E-state index in [-0.39, 0.29) is 0 Å². The van der Waals surface area contributed by atoms with Crippen LogP contribution in [0.5, 0.6) is 5.75 Å². The monoisotopic (exact) mass is 354 g/mol. The smallest absolute Gasteiger partial charge is 0.124 e. The van der Waals surface area contributed by atoms with Crippen LogP contribution < -0.4 is 10.1 Å². The molecule has 20 heavy (non-hydrogen) atoms. The molecule has 0 aliphatic carbocycles. The molecule has 0 unspecified atom stereocenters. The molecule has 0 atom stereocenters. The van der Waals surface area contributed by atoms with E-state index in [1.807, 2.05) is 23.8 Å². The number of halogens is 1. The molecule has 108 valence electrons. The molecule has 0 aliphatic heterocycles. The molecule has 0 saturated heterocycles. The zero-order valence-electron chi connectivity index (χ0n) is 11.7. The number of nitrogens with one attached hydrogen (secondary N) is 1. The van der Waals surface area contributed by atoms with Gasteiger partial charge in [0.2, 0.25) is 0 Å². The molecular formula is C15H19BrN2OS. The van der Waals surface area contributed by atoms with Crippen molar-refractivity contribution in [1.82, 2.24) is 10.3 Å². The zero-order chi connectivity index (χ0) is 14.4. The maximum absolute atomic E-state index is 5.90. The van der Waals surface area contributed by atoms with Gasteiger partial charge in [-0.15, -0.1) is 11.3 Å². The van der Waals surface area contributed by atoms with Gasteiger partial charge in [-0.1, -0.05) is 29.8 Å².